The molecule has 0 spiro atoms. The van der Waals surface area contributed by atoms with Crippen LogP contribution in [0.2, 0.25) is 0 Å². The predicted molar refractivity (Wildman–Crippen MR) is 79.6 cm³/mol. The summed E-state index contributed by atoms with van der Waals surface area (Å²) in [5.74, 6) is -0.810. The number of esters is 1. The molecule has 0 unspecified atom stereocenters. The van der Waals surface area contributed by atoms with Crippen molar-refractivity contribution in [3.05, 3.63) is 35.9 Å². The van der Waals surface area contributed by atoms with Crippen molar-refractivity contribution in [1.82, 2.24) is 5.32 Å². The first-order valence-electron chi connectivity index (χ1n) is 7.01. The number of ether oxygens (including phenoxy) is 2. The van der Waals surface area contributed by atoms with Gasteiger partial charge in [0.25, 0.3) is 5.91 Å². The lowest BCUT2D eigenvalue weighted by Crippen LogP contribution is -2.47. The van der Waals surface area contributed by atoms with Crippen LogP contribution in [0.5, 0.6) is 0 Å². The van der Waals surface area contributed by atoms with E-state index in [-0.39, 0.29) is 11.8 Å². The van der Waals surface area contributed by atoms with E-state index in [1.165, 1.54) is 14.2 Å². The molecule has 1 N–H and O–H groups in total. The molecule has 0 aliphatic carbocycles. The zero-order valence-corrected chi connectivity index (χ0v) is 13.0. The van der Waals surface area contributed by atoms with Crippen LogP contribution < -0.4 is 5.32 Å². The van der Waals surface area contributed by atoms with Crippen LogP contribution in [0.15, 0.2) is 30.3 Å². The topological polar surface area (TPSA) is 64.6 Å². The van der Waals surface area contributed by atoms with Gasteiger partial charge in [-0.3, -0.25) is 4.79 Å². The fourth-order valence-electron chi connectivity index (χ4n) is 2.05. The standard InChI is InChI=1S/C16H23NO4/c1-5-11(2)13(16(19)21-4)17-15(18)14(20-3)12-9-7-6-8-10-12/h6-11,13-14H,5H2,1-4H3,(H,17,18)/t11-,13+,14-/m0/s1. The van der Waals surface area contributed by atoms with Gasteiger partial charge >= 0.3 is 5.97 Å². The molecule has 5 nitrogen and oxygen atoms in total. The molecular formula is C16H23NO4. The summed E-state index contributed by atoms with van der Waals surface area (Å²) in [7, 11) is 2.78. The molecule has 0 heterocycles. The summed E-state index contributed by atoms with van der Waals surface area (Å²) < 4.78 is 10.0. The first-order chi connectivity index (χ1) is 10.0. The lowest BCUT2D eigenvalue weighted by Gasteiger charge is -2.24. The molecule has 0 aromatic heterocycles. The molecule has 1 aromatic rings. The number of nitrogens with one attached hydrogen (secondary N) is 1. The molecule has 0 aliphatic rings. The highest BCUT2D eigenvalue weighted by molar-refractivity contribution is 5.87. The van der Waals surface area contributed by atoms with Crippen molar-refractivity contribution in [2.45, 2.75) is 32.4 Å². The maximum atomic E-state index is 12.4. The Morgan fingerprint density at radius 3 is 2.29 bits per heavy atom. The van der Waals surface area contributed by atoms with E-state index in [1.807, 2.05) is 44.2 Å². The van der Waals surface area contributed by atoms with Crippen LogP contribution in [0.3, 0.4) is 0 Å². The minimum Gasteiger partial charge on any atom is -0.467 e. The normalized spacial score (nSPS) is 14.9. The monoisotopic (exact) mass is 293 g/mol. The SMILES string of the molecule is CC[C@H](C)[C@@H](NC(=O)[C@@H](OC)c1ccccc1)C(=O)OC. The van der Waals surface area contributed by atoms with Gasteiger partial charge in [0.15, 0.2) is 6.10 Å². The zero-order chi connectivity index (χ0) is 15.8. The Morgan fingerprint density at radius 1 is 1.19 bits per heavy atom. The van der Waals surface area contributed by atoms with Gasteiger partial charge in [-0.1, -0.05) is 50.6 Å². The van der Waals surface area contributed by atoms with Crippen molar-refractivity contribution in [1.29, 1.82) is 0 Å². The second-order valence-corrected chi connectivity index (χ2v) is 4.92. The molecule has 0 aliphatic heterocycles. The number of amides is 1. The Morgan fingerprint density at radius 2 is 1.81 bits per heavy atom. The van der Waals surface area contributed by atoms with Gasteiger partial charge in [-0.15, -0.1) is 0 Å². The van der Waals surface area contributed by atoms with Crippen LogP contribution in [-0.4, -0.2) is 32.1 Å². The average Bonchev–Trinajstić information content (AvgIpc) is 2.52. The maximum absolute atomic E-state index is 12.4. The number of methoxy groups -OCH3 is 2. The molecule has 0 radical (unpaired) electrons. The Labute approximate surface area is 125 Å². The molecular weight excluding hydrogens is 270 g/mol. The second-order valence-electron chi connectivity index (χ2n) is 4.92. The molecule has 5 heteroatoms. The number of benzene rings is 1. The van der Waals surface area contributed by atoms with Crippen LogP contribution in [0.1, 0.15) is 31.9 Å². The molecule has 0 saturated carbocycles. The van der Waals surface area contributed by atoms with Gasteiger partial charge in [0, 0.05) is 7.11 Å². The first kappa shape index (κ1) is 17.2. The summed E-state index contributed by atoms with van der Waals surface area (Å²) in [6.45, 7) is 3.85. The van der Waals surface area contributed by atoms with E-state index >= 15 is 0 Å². The zero-order valence-electron chi connectivity index (χ0n) is 13.0. The van der Waals surface area contributed by atoms with Crippen molar-refractivity contribution < 1.29 is 19.1 Å². The highest BCUT2D eigenvalue weighted by atomic mass is 16.5. The fourth-order valence-corrected chi connectivity index (χ4v) is 2.05. The number of carbonyl (C=O) groups excluding carboxylic acids is 2. The minimum absolute atomic E-state index is 0.0188. The Balaban J connectivity index is 2.87. The Bertz CT molecular complexity index is 461. The van der Waals surface area contributed by atoms with Gasteiger partial charge in [0.1, 0.15) is 6.04 Å². The highest BCUT2D eigenvalue weighted by Crippen LogP contribution is 2.18. The smallest absolute Gasteiger partial charge is 0.328 e. The van der Waals surface area contributed by atoms with E-state index in [1.54, 1.807) is 0 Å². The summed E-state index contributed by atoms with van der Waals surface area (Å²) >= 11 is 0. The van der Waals surface area contributed by atoms with Crippen molar-refractivity contribution in [3.8, 4) is 0 Å². The van der Waals surface area contributed by atoms with Crippen molar-refractivity contribution in [3.63, 3.8) is 0 Å². The third kappa shape index (κ3) is 4.56. The van der Waals surface area contributed by atoms with Crippen LogP contribution >= 0.6 is 0 Å². The van der Waals surface area contributed by atoms with Gasteiger partial charge in [-0.2, -0.15) is 0 Å². The summed E-state index contributed by atoms with van der Waals surface area (Å²) in [6.07, 6.45) is 0.00524. The summed E-state index contributed by atoms with van der Waals surface area (Å²) in [6, 6.07) is 8.48. The third-order valence-electron chi connectivity index (χ3n) is 3.54. The Hall–Kier alpha value is -1.88. The highest BCUT2D eigenvalue weighted by Gasteiger charge is 2.30. The summed E-state index contributed by atoms with van der Waals surface area (Å²) in [5.41, 5.74) is 0.741. The van der Waals surface area contributed by atoms with Crippen molar-refractivity contribution in [2.75, 3.05) is 14.2 Å². The van der Waals surface area contributed by atoms with Gasteiger partial charge < -0.3 is 14.8 Å². The van der Waals surface area contributed by atoms with Crippen LogP contribution in [0.4, 0.5) is 0 Å². The van der Waals surface area contributed by atoms with Crippen molar-refractivity contribution in [2.24, 2.45) is 5.92 Å². The number of carbonyl (C=O) groups is 2. The van der Waals surface area contributed by atoms with Gasteiger partial charge in [0.2, 0.25) is 0 Å². The minimum atomic E-state index is -0.748. The number of hydrogen-bond donors (Lipinski definition) is 1. The molecule has 116 valence electrons. The summed E-state index contributed by atoms with van der Waals surface area (Å²) in [4.78, 5) is 24.2. The van der Waals surface area contributed by atoms with Crippen LogP contribution in [0, 0.1) is 5.92 Å². The van der Waals surface area contributed by atoms with Gasteiger partial charge in [-0.05, 0) is 11.5 Å². The molecule has 1 rings (SSSR count). The lowest BCUT2D eigenvalue weighted by atomic mass is 9.98. The molecule has 3 atom stereocenters. The van der Waals surface area contributed by atoms with Gasteiger partial charge in [-0.25, -0.2) is 4.79 Å². The fraction of sp³-hybridized carbons (Fsp3) is 0.500. The average molecular weight is 293 g/mol. The maximum Gasteiger partial charge on any atom is 0.328 e. The lowest BCUT2D eigenvalue weighted by molar-refractivity contribution is -0.148. The van der Waals surface area contributed by atoms with E-state index < -0.39 is 18.1 Å². The predicted octanol–water partition coefficient (Wildman–Crippen LogP) is 2.08. The molecule has 0 fully saturated rings. The molecule has 21 heavy (non-hydrogen) atoms. The van der Waals surface area contributed by atoms with E-state index in [0.717, 1.165) is 12.0 Å². The summed E-state index contributed by atoms with van der Waals surface area (Å²) in [5, 5.41) is 2.73. The largest absolute Gasteiger partial charge is 0.467 e. The molecule has 0 bridgehead atoms. The molecule has 0 saturated heterocycles. The number of rotatable bonds is 7. The van der Waals surface area contributed by atoms with E-state index in [0.29, 0.717) is 0 Å². The van der Waals surface area contributed by atoms with Crippen LogP contribution in [0.25, 0.3) is 0 Å². The van der Waals surface area contributed by atoms with E-state index in [2.05, 4.69) is 5.32 Å². The molecule has 1 amide bonds. The third-order valence-corrected chi connectivity index (χ3v) is 3.54. The quantitative estimate of drug-likeness (QED) is 0.782. The second kappa shape index (κ2) is 8.42. The van der Waals surface area contributed by atoms with Crippen LogP contribution in [-0.2, 0) is 19.1 Å². The Kier molecular flexibility index (Phi) is 6.88. The number of hydrogen-bond acceptors (Lipinski definition) is 4. The van der Waals surface area contributed by atoms with E-state index in [4.69, 9.17) is 9.47 Å². The first-order valence-corrected chi connectivity index (χ1v) is 7.01. The van der Waals surface area contributed by atoms with Gasteiger partial charge in [0.05, 0.1) is 7.11 Å². The van der Waals surface area contributed by atoms with Crippen molar-refractivity contribution >= 4 is 11.9 Å². The van der Waals surface area contributed by atoms with E-state index in [9.17, 15) is 9.59 Å². The molecule has 1 aromatic carbocycles.